The number of Topliss-reactive ketones (excluding diaryl/α,β-unsaturated/α-hetero) is 1. The van der Waals surface area contributed by atoms with E-state index >= 15 is 0 Å². The zero-order chi connectivity index (χ0) is 40.8. The predicted octanol–water partition coefficient (Wildman–Crippen LogP) is 6.94. The second-order valence-electron chi connectivity index (χ2n) is 14.6. The molecule has 1 aromatic heterocycles. The summed E-state index contributed by atoms with van der Waals surface area (Å²) in [5.74, 6) is 1.70. The summed E-state index contributed by atoms with van der Waals surface area (Å²) in [5, 5.41) is 5.36. The van der Waals surface area contributed by atoms with Crippen molar-refractivity contribution in [3.8, 4) is 22.4 Å². The van der Waals surface area contributed by atoms with Gasteiger partial charge in [0.1, 0.15) is 24.2 Å². The molecule has 2 atom stereocenters. The largest absolute Gasteiger partial charge is 0.453 e. The molecule has 3 aromatic carbocycles. The Morgan fingerprint density at radius 1 is 0.897 bits per heavy atom. The number of ether oxygens (including phenoxy) is 2. The molecule has 3 aliphatic heterocycles. The van der Waals surface area contributed by atoms with Crippen LogP contribution in [0.4, 0.5) is 9.59 Å². The summed E-state index contributed by atoms with van der Waals surface area (Å²) in [5.41, 5.74) is 5.80. The van der Waals surface area contributed by atoms with Crippen molar-refractivity contribution in [3.63, 3.8) is 0 Å². The topological polar surface area (TPSA) is 163 Å². The number of rotatable bonds is 11. The van der Waals surface area contributed by atoms with E-state index in [0.29, 0.717) is 36.5 Å². The number of allylic oxidation sites excluding steroid dienone is 1. The van der Waals surface area contributed by atoms with Gasteiger partial charge in [0.15, 0.2) is 5.78 Å². The van der Waals surface area contributed by atoms with Crippen molar-refractivity contribution < 1.29 is 33.4 Å². The van der Waals surface area contributed by atoms with Crippen molar-refractivity contribution in [3.05, 3.63) is 113 Å². The van der Waals surface area contributed by atoms with Crippen LogP contribution in [0.15, 0.2) is 96.3 Å². The molecular weight excluding hydrogens is 777 g/mol. The van der Waals surface area contributed by atoms with Crippen molar-refractivity contribution in [1.29, 1.82) is 0 Å². The van der Waals surface area contributed by atoms with Gasteiger partial charge in [-0.15, -0.1) is 23.5 Å². The molecule has 1 spiro atoms. The number of nitrogens with one attached hydrogen (secondary N) is 3. The first kappa shape index (κ1) is 40.6. The zero-order valence-electron chi connectivity index (χ0n) is 32.6. The third kappa shape index (κ3) is 9.10. The summed E-state index contributed by atoms with van der Waals surface area (Å²) in [6, 6.07) is 23.6. The van der Waals surface area contributed by atoms with E-state index in [1.54, 1.807) is 60.6 Å². The van der Waals surface area contributed by atoms with Crippen LogP contribution in [0.5, 0.6) is 0 Å². The van der Waals surface area contributed by atoms with Gasteiger partial charge in [-0.05, 0) is 54.5 Å². The van der Waals surface area contributed by atoms with E-state index in [0.717, 1.165) is 52.3 Å². The zero-order valence-corrected chi connectivity index (χ0v) is 34.3. The van der Waals surface area contributed by atoms with Gasteiger partial charge < -0.3 is 24.7 Å². The second-order valence-corrected chi connectivity index (χ2v) is 17.8. The third-order valence-electron chi connectivity index (χ3n) is 10.6. The second kappa shape index (κ2) is 17.9. The molecule has 7 rings (SSSR count). The number of hydrogen-bond donors (Lipinski definition) is 3. The van der Waals surface area contributed by atoms with Crippen molar-refractivity contribution in [2.75, 3.05) is 38.2 Å². The summed E-state index contributed by atoms with van der Waals surface area (Å²) < 4.78 is 10.1. The highest BCUT2D eigenvalue weighted by Crippen LogP contribution is 2.52. The maximum absolute atomic E-state index is 13.5. The first-order chi connectivity index (χ1) is 28.0. The number of likely N-dealkylation sites (tertiary alicyclic amines) is 2. The normalized spacial score (nSPS) is 18.2. The highest BCUT2D eigenvalue weighted by atomic mass is 32.2. The number of H-pyrrole nitrogens is 1. The van der Waals surface area contributed by atoms with Crippen molar-refractivity contribution in [2.24, 2.45) is 0 Å². The average molecular weight is 823 g/mol. The Kier molecular flexibility index (Phi) is 12.6. The Labute approximate surface area is 345 Å². The molecule has 4 aromatic rings. The van der Waals surface area contributed by atoms with Crippen LogP contribution < -0.4 is 10.6 Å². The number of nitrogens with zero attached hydrogens (tertiary/aromatic N) is 3. The minimum Gasteiger partial charge on any atom is -0.453 e. The monoisotopic (exact) mass is 822 g/mol. The van der Waals surface area contributed by atoms with E-state index < -0.39 is 18.2 Å². The summed E-state index contributed by atoms with van der Waals surface area (Å²) in [4.78, 5) is 76.6. The Morgan fingerprint density at radius 3 is 2.24 bits per heavy atom. The molecule has 1 unspecified atom stereocenters. The van der Waals surface area contributed by atoms with E-state index in [4.69, 9.17) is 9.47 Å². The lowest BCUT2D eigenvalue weighted by Crippen LogP contribution is -2.47. The van der Waals surface area contributed by atoms with Crippen molar-refractivity contribution >= 4 is 53.3 Å². The number of hydrogen-bond acceptors (Lipinski definition) is 10. The predicted molar refractivity (Wildman–Crippen MR) is 224 cm³/mol. The number of benzene rings is 3. The summed E-state index contributed by atoms with van der Waals surface area (Å²) in [6.07, 6.45) is 2.56. The standard InChI is InChI=1S/C43H46N6O7S2/c1-27(2)37(47-41(53)55-3)40(52)48-19-7-10-34(48)38-44-23-33(46-38)31-15-11-29(12-16-31)30-13-17-32(18-14-30)36(50)24-45-39(51)35-22-43(57-20-21-58-43)26-49(35)42(54)56-25-28-8-5-4-6-9-28/h4-6,8-9,11-18,23,34-35H,7,10,19-22,24-26H2,1-3H3,(H,44,46)(H,45,51)(H,47,53)/t34?,35-/m0/s1. The number of imidazole rings is 1. The van der Waals surface area contributed by atoms with Crippen LogP contribution in [0.3, 0.4) is 0 Å². The number of ketones is 1. The number of thioether (sulfide) groups is 2. The van der Waals surface area contributed by atoms with Gasteiger partial charge in [-0.25, -0.2) is 14.6 Å². The Bertz CT molecular complexity index is 2180. The molecule has 58 heavy (non-hydrogen) atoms. The smallest absolute Gasteiger partial charge is 0.411 e. The number of amides is 4. The van der Waals surface area contributed by atoms with Crippen molar-refractivity contribution in [2.45, 2.75) is 55.9 Å². The van der Waals surface area contributed by atoms with E-state index in [1.807, 2.05) is 66.7 Å². The molecule has 0 radical (unpaired) electrons. The molecular formula is C43H46N6O7S2. The minimum absolute atomic E-state index is 0.115. The average Bonchev–Trinajstić information content (AvgIpc) is 4.09. The van der Waals surface area contributed by atoms with Crippen molar-refractivity contribution in [1.82, 2.24) is 30.4 Å². The molecule has 3 saturated heterocycles. The maximum atomic E-state index is 13.5. The van der Waals surface area contributed by atoms with Gasteiger partial charge in [0.2, 0.25) is 5.91 Å². The molecule has 0 bridgehead atoms. The van der Waals surface area contributed by atoms with Crippen LogP contribution in [0.25, 0.3) is 22.4 Å². The van der Waals surface area contributed by atoms with E-state index in [-0.39, 0.29) is 46.6 Å². The van der Waals surface area contributed by atoms with Crippen LogP contribution in [0.2, 0.25) is 0 Å². The molecule has 302 valence electrons. The number of methoxy groups -OCH3 is 1. The number of alkyl carbamates (subject to hydrolysis) is 1. The summed E-state index contributed by atoms with van der Waals surface area (Å²) in [6.45, 7) is 4.41. The fraction of sp³-hybridized carbons (Fsp3) is 0.349. The number of carbonyl (C=O) groups excluding carboxylic acids is 5. The molecule has 3 N–H and O–H groups in total. The molecule has 3 fully saturated rings. The highest BCUT2D eigenvalue weighted by Gasteiger charge is 2.52. The molecule has 15 heteroatoms. The van der Waals surface area contributed by atoms with Gasteiger partial charge in [-0.2, -0.15) is 0 Å². The molecule has 4 amide bonds. The lowest BCUT2D eigenvalue weighted by Gasteiger charge is -2.25. The number of aromatic amines is 1. The quantitative estimate of drug-likeness (QED) is 0.107. The SMILES string of the molecule is COC(=O)NC(C(=O)N1CCCC1c1ncc(-c2ccc(-c3ccc(C(=O)CNC(=O)[C@@H]4CC5(CN4C(=O)OCc4ccccc4)SCCS5)cc3)cc2)[nH]1)=C(C)C. The van der Waals surface area contributed by atoms with Crippen LogP contribution in [-0.4, -0.2) is 97.9 Å². The van der Waals surface area contributed by atoms with E-state index in [1.165, 1.54) is 12.0 Å². The van der Waals surface area contributed by atoms with Gasteiger partial charge in [0.05, 0.1) is 35.7 Å². The van der Waals surface area contributed by atoms with Gasteiger partial charge >= 0.3 is 12.2 Å². The molecule has 0 aliphatic carbocycles. The lowest BCUT2D eigenvalue weighted by atomic mass is 10.0. The fourth-order valence-electron chi connectivity index (χ4n) is 7.49. The fourth-order valence-corrected chi connectivity index (χ4v) is 10.7. The van der Waals surface area contributed by atoms with Crippen LogP contribution >= 0.6 is 23.5 Å². The van der Waals surface area contributed by atoms with Gasteiger partial charge in [-0.1, -0.05) is 78.9 Å². The Balaban J connectivity index is 0.946. The minimum atomic E-state index is -0.730. The lowest BCUT2D eigenvalue weighted by molar-refractivity contribution is -0.128. The molecule has 13 nitrogen and oxygen atoms in total. The first-order valence-corrected chi connectivity index (χ1v) is 21.2. The van der Waals surface area contributed by atoms with Crippen LogP contribution in [-0.2, 0) is 25.7 Å². The molecule has 3 aliphatic rings. The Morgan fingerprint density at radius 2 is 1.57 bits per heavy atom. The number of carbonyl (C=O) groups is 5. The van der Waals surface area contributed by atoms with Gasteiger partial charge in [0, 0.05) is 36.6 Å². The molecule has 0 saturated carbocycles. The third-order valence-corrected chi connectivity index (χ3v) is 14.0. The maximum Gasteiger partial charge on any atom is 0.411 e. The van der Waals surface area contributed by atoms with E-state index in [2.05, 4.69) is 20.6 Å². The van der Waals surface area contributed by atoms with E-state index in [9.17, 15) is 24.0 Å². The number of aromatic nitrogens is 2. The van der Waals surface area contributed by atoms with Crippen LogP contribution in [0, 0.1) is 0 Å². The highest BCUT2D eigenvalue weighted by molar-refractivity contribution is 8.21. The van der Waals surface area contributed by atoms with Crippen LogP contribution in [0.1, 0.15) is 60.9 Å². The van der Waals surface area contributed by atoms with Gasteiger partial charge in [0.25, 0.3) is 5.91 Å². The first-order valence-electron chi connectivity index (χ1n) is 19.2. The Hall–Kier alpha value is -5.54. The van der Waals surface area contributed by atoms with Gasteiger partial charge in [-0.3, -0.25) is 24.6 Å². The molecule has 4 heterocycles. The summed E-state index contributed by atoms with van der Waals surface area (Å²) in [7, 11) is 1.26. The summed E-state index contributed by atoms with van der Waals surface area (Å²) >= 11 is 3.55.